The van der Waals surface area contributed by atoms with E-state index < -0.39 is 16.5 Å². The Balaban J connectivity index is 1.59. The van der Waals surface area contributed by atoms with Crippen molar-refractivity contribution in [1.82, 2.24) is 15.0 Å². The molecule has 30 heavy (non-hydrogen) atoms. The Morgan fingerprint density at radius 2 is 1.97 bits per heavy atom. The third kappa shape index (κ3) is 3.43. The van der Waals surface area contributed by atoms with Crippen molar-refractivity contribution in [3.05, 3.63) is 53.3 Å². The summed E-state index contributed by atoms with van der Waals surface area (Å²) in [6.07, 6.45) is 6.87. The van der Waals surface area contributed by atoms with Gasteiger partial charge in [-0.25, -0.2) is 4.98 Å². The number of aromatic amines is 2. The second-order valence-electron chi connectivity index (χ2n) is 7.68. The molecule has 4 heterocycles. The van der Waals surface area contributed by atoms with E-state index in [4.69, 9.17) is 5.73 Å². The predicted molar refractivity (Wildman–Crippen MR) is 122 cm³/mol. The Labute approximate surface area is 178 Å². The standard InChI is InChI=1S/C21H22N4O3S2/c22-20(26)16-8-13(14-9-18(29-11-14)21-23-3-4-24-21)7-15-17(10-25-19(15)16)12-1-5-30(27,28)6-2-12/h3-4,7-12,25,27-28H,1-2,5-6H2,(H2,22,26)(H,23,24). The van der Waals surface area contributed by atoms with E-state index >= 15 is 0 Å². The van der Waals surface area contributed by atoms with Crippen LogP contribution in [0.5, 0.6) is 0 Å². The van der Waals surface area contributed by atoms with E-state index in [1.807, 2.05) is 17.6 Å². The number of H-pyrrole nitrogens is 2. The number of rotatable bonds is 4. The first-order valence-corrected chi connectivity index (χ1v) is 12.4. The van der Waals surface area contributed by atoms with Gasteiger partial charge in [-0.1, -0.05) is 0 Å². The van der Waals surface area contributed by atoms with Gasteiger partial charge >= 0.3 is 0 Å². The Morgan fingerprint density at radius 1 is 1.17 bits per heavy atom. The zero-order valence-electron chi connectivity index (χ0n) is 16.1. The molecule has 1 aromatic carbocycles. The van der Waals surface area contributed by atoms with Crippen LogP contribution in [0.2, 0.25) is 0 Å². The van der Waals surface area contributed by atoms with E-state index in [0.29, 0.717) is 29.9 Å². The van der Waals surface area contributed by atoms with Gasteiger partial charge in [0, 0.05) is 35.5 Å². The van der Waals surface area contributed by atoms with E-state index in [2.05, 4.69) is 27.1 Å². The van der Waals surface area contributed by atoms with Gasteiger partial charge in [0.15, 0.2) is 0 Å². The number of imidazole rings is 1. The molecule has 1 aliphatic heterocycles. The summed E-state index contributed by atoms with van der Waals surface area (Å²) < 4.78 is 19.9. The summed E-state index contributed by atoms with van der Waals surface area (Å²) in [5, 5.41) is 3.02. The van der Waals surface area contributed by atoms with E-state index in [0.717, 1.165) is 38.3 Å². The molecule has 7 nitrogen and oxygen atoms in total. The Bertz CT molecular complexity index is 1220. The predicted octanol–water partition coefficient (Wildman–Crippen LogP) is 5.01. The fourth-order valence-electron chi connectivity index (χ4n) is 4.18. The molecule has 0 aliphatic carbocycles. The molecule has 3 aromatic heterocycles. The van der Waals surface area contributed by atoms with E-state index in [-0.39, 0.29) is 5.92 Å². The fraction of sp³-hybridized carbons (Fsp3) is 0.238. The number of benzene rings is 1. The van der Waals surface area contributed by atoms with Gasteiger partial charge in [-0.2, -0.15) is 10.6 Å². The van der Waals surface area contributed by atoms with Crippen LogP contribution >= 0.6 is 21.9 Å². The lowest BCUT2D eigenvalue weighted by molar-refractivity contribution is 0.100. The summed E-state index contributed by atoms with van der Waals surface area (Å²) in [5.41, 5.74) is 9.92. The minimum Gasteiger partial charge on any atom is -0.366 e. The lowest BCUT2D eigenvalue weighted by Crippen LogP contribution is -2.19. The normalized spacial score (nSPS) is 17.9. The maximum atomic E-state index is 12.2. The largest absolute Gasteiger partial charge is 0.366 e. The first-order valence-electron chi connectivity index (χ1n) is 9.68. The zero-order valence-corrected chi connectivity index (χ0v) is 17.7. The van der Waals surface area contributed by atoms with Crippen molar-refractivity contribution in [3.8, 4) is 21.8 Å². The Morgan fingerprint density at radius 3 is 2.67 bits per heavy atom. The second-order valence-corrected chi connectivity index (χ2v) is 11.0. The molecule has 0 radical (unpaired) electrons. The maximum absolute atomic E-state index is 12.2. The molecule has 6 N–H and O–H groups in total. The molecule has 9 heteroatoms. The molecule has 0 unspecified atom stereocenters. The number of hydrogen-bond acceptors (Lipinski definition) is 5. The van der Waals surface area contributed by atoms with Gasteiger partial charge in [0.05, 0.1) is 16.0 Å². The van der Waals surface area contributed by atoms with Crippen molar-refractivity contribution >= 4 is 38.7 Å². The van der Waals surface area contributed by atoms with Gasteiger partial charge in [0.2, 0.25) is 0 Å². The van der Waals surface area contributed by atoms with Crippen LogP contribution in [0, 0.1) is 0 Å². The number of carbonyl (C=O) groups is 1. The molecule has 156 valence electrons. The van der Waals surface area contributed by atoms with Crippen molar-refractivity contribution < 1.29 is 13.9 Å². The summed E-state index contributed by atoms with van der Waals surface area (Å²) >= 11 is 1.59. The average Bonchev–Trinajstić information content (AvgIpc) is 3.46. The van der Waals surface area contributed by atoms with Crippen LogP contribution in [0.25, 0.3) is 32.7 Å². The van der Waals surface area contributed by atoms with Gasteiger partial charge in [-0.05, 0) is 59.0 Å². The van der Waals surface area contributed by atoms with Crippen LogP contribution in [0.4, 0.5) is 0 Å². The minimum atomic E-state index is -2.44. The van der Waals surface area contributed by atoms with E-state index in [1.165, 1.54) is 0 Å². The molecule has 0 spiro atoms. The summed E-state index contributed by atoms with van der Waals surface area (Å²) in [5.74, 6) is 1.39. The van der Waals surface area contributed by atoms with Crippen LogP contribution in [0.3, 0.4) is 0 Å². The topological polar surface area (TPSA) is 128 Å². The van der Waals surface area contributed by atoms with Gasteiger partial charge in [0.25, 0.3) is 5.91 Å². The zero-order chi connectivity index (χ0) is 20.9. The molecule has 1 aliphatic rings. The molecule has 1 amide bonds. The fourth-order valence-corrected chi connectivity index (χ4v) is 6.59. The molecule has 5 rings (SSSR count). The summed E-state index contributed by atoms with van der Waals surface area (Å²) in [7, 11) is -2.44. The summed E-state index contributed by atoms with van der Waals surface area (Å²) in [6, 6.07) is 5.97. The van der Waals surface area contributed by atoms with Crippen LogP contribution in [-0.2, 0) is 0 Å². The number of carbonyl (C=O) groups excluding carboxylic acids is 1. The number of nitrogens with two attached hydrogens (primary N) is 1. The lowest BCUT2D eigenvalue weighted by Gasteiger charge is -2.39. The molecule has 0 saturated carbocycles. The molecule has 4 aromatic rings. The average molecular weight is 443 g/mol. The van der Waals surface area contributed by atoms with Crippen molar-refractivity contribution in [2.75, 3.05) is 11.5 Å². The first kappa shape index (κ1) is 19.4. The third-order valence-corrected chi connectivity index (χ3v) is 8.49. The van der Waals surface area contributed by atoms with Crippen LogP contribution in [-0.4, -0.2) is 41.5 Å². The highest BCUT2D eigenvalue weighted by atomic mass is 32.3. The maximum Gasteiger partial charge on any atom is 0.250 e. The van der Waals surface area contributed by atoms with E-state index in [1.54, 1.807) is 23.7 Å². The molecule has 0 bridgehead atoms. The monoisotopic (exact) mass is 442 g/mol. The number of fused-ring (bicyclic) bond motifs is 1. The first-order chi connectivity index (χ1) is 14.4. The smallest absolute Gasteiger partial charge is 0.250 e. The lowest BCUT2D eigenvalue weighted by atomic mass is 9.91. The van der Waals surface area contributed by atoms with Gasteiger partial charge in [0.1, 0.15) is 5.82 Å². The number of amides is 1. The number of primary amides is 1. The van der Waals surface area contributed by atoms with Crippen molar-refractivity contribution in [2.45, 2.75) is 18.8 Å². The van der Waals surface area contributed by atoms with Crippen molar-refractivity contribution in [2.24, 2.45) is 5.73 Å². The van der Waals surface area contributed by atoms with Crippen LogP contribution < -0.4 is 5.73 Å². The van der Waals surface area contributed by atoms with E-state index in [9.17, 15) is 13.9 Å². The molecule has 1 fully saturated rings. The molecular formula is C21H22N4O3S2. The van der Waals surface area contributed by atoms with Crippen LogP contribution in [0.1, 0.15) is 34.7 Å². The summed E-state index contributed by atoms with van der Waals surface area (Å²) in [4.78, 5) is 23.9. The SMILES string of the molecule is NC(=O)c1cc(-c2csc(-c3ncc[nH]3)c2)cc2c(C3CCS(O)(O)CC3)c[nH]c12. The summed E-state index contributed by atoms with van der Waals surface area (Å²) in [6.45, 7) is 0. The van der Waals surface area contributed by atoms with Crippen LogP contribution in [0.15, 0.2) is 42.2 Å². The number of thiophene rings is 1. The molecule has 0 atom stereocenters. The number of nitrogens with one attached hydrogen (secondary N) is 2. The van der Waals surface area contributed by atoms with Gasteiger partial charge in [-0.3, -0.25) is 13.9 Å². The van der Waals surface area contributed by atoms with Crippen molar-refractivity contribution in [3.63, 3.8) is 0 Å². The quantitative estimate of drug-likeness (QED) is 0.304. The van der Waals surface area contributed by atoms with Crippen molar-refractivity contribution in [1.29, 1.82) is 0 Å². The Kier molecular flexibility index (Phi) is 4.70. The number of hydrogen-bond donors (Lipinski definition) is 5. The molecule has 1 saturated heterocycles. The third-order valence-electron chi connectivity index (χ3n) is 5.78. The number of nitrogens with zero attached hydrogens (tertiary/aromatic N) is 1. The highest BCUT2D eigenvalue weighted by molar-refractivity contribution is 8.24. The molecular weight excluding hydrogens is 420 g/mol. The van der Waals surface area contributed by atoms with Gasteiger partial charge in [-0.15, -0.1) is 11.3 Å². The highest BCUT2D eigenvalue weighted by Gasteiger charge is 2.27. The highest BCUT2D eigenvalue weighted by Crippen LogP contribution is 2.49. The van der Waals surface area contributed by atoms with Gasteiger partial charge < -0.3 is 15.7 Å². The Hall–Kier alpha value is -2.59. The minimum absolute atomic E-state index is 0.218. The number of aromatic nitrogens is 3. The second kappa shape index (κ2) is 7.28.